The quantitative estimate of drug-likeness (QED) is 0.670. The topological polar surface area (TPSA) is 24.9 Å². The maximum atomic E-state index is 5.88. The van der Waals surface area contributed by atoms with Crippen molar-refractivity contribution in [2.45, 2.75) is 51.6 Å². The predicted molar refractivity (Wildman–Crippen MR) is 116 cm³/mol. The molecule has 1 atom stereocenters. The lowest BCUT2D eigenvalue weighted by atomic mass is 9.87. The van der Waals surface area contributed by atoms with Crippen LogP contribution in [0, 0.1) is 11.8 Å². The molecule has 2 heterocycles. The molecule has 4 nitrogen and oxygen atoms in total. The Morgan fingerprint density at radius 3 is 2.39 bits per heavy atom. The molecule has 1 unspecified atom stereocenters. The molecule has 0 aliphatic carbocycles. The van der Waals surface area contributed by atoms with E-state index in [9.17, 15) is 0 Å². The summed E-state index contributed by atoms with van der Waals surface area (Å²) in [6.45, 7) is 11.6. The van der Waals surface area contributed by atoms with E-state index in [0.717, 1.165) is 30.6 Å². The van der Waals surface area contributed by atoms with Crippen molar-refractivity contribution in [1.29, 1.82) is 0 Å². The lowest BCUT2D eigenvalue weighted by Crippen LogP contribution is -2.42. The number of methoxy groups -OCH3 is 1. The smallest absolute Gasteiger partial charge is 0.118 e. The Labute approximate surface area is 172 Å². The lowest BCUT2D eigenvalue weighted by molar-refractivity contribution is -0.0764. The number of hydrogen-bond donors (Lipinski definition) is 0. The van der Waals surface area contributed by atoms with Crippen molar-refractivity contribution >= 4 is 0 Å². The minimum Gasteiger partial charge on any atom is -0.497 e. The van der Waals surface area contributed by atoms with Gasteiger partial charge >= 0.3 is 0 Å². The normalized spacial score (nSPS) is 23.8. The van der Waals surface area contributed by atoms with Crippen LogP contribution in [0.15, 0.2) is 24.3 Å². The van der Waals surface area contributed by atoms with Crippen molar-refractivity contribution in [3.8, 4) is 5.75 Å². The SMILES string of the molecule is COc1ccc(CCN2CCC(CN(C)CC3CCOC(C)(C)C3)CC2)cc1. The van der Waals surface area contributed by atoms with Crippen molar-refractivity contribution < 1.29 is 9.47 Å². The minimum absolute atomic E-state index is 0.0684. The first-order valence-electron chi connectivity index (χ1n) is 11.1. The van der Waals surface area contributed by atoms with Gasteiger partial charge in [-0.15, -0.1) is 0 Å². The molecule has 2 saturated heterocycles. The molecule has 28 heavy (non-hydrogen) atoms. The predicted octanol–water partition coefficient (Wildman–Crippen LogP) is 4.09. The molecule has 3 rings (SSSR count). The molecule has 0 radical (unpaired) electrons. The Hall–Kier alpha value is -1.10. The van der Waals surface area contributed by atoms with Crippen LogP contribution in [0.2, 0.25) is 0 Å². The Kier molecular flexibility index (Phi) is 7.78. The van der Waals surface area contributed by atoms with E-state index < -0.39 is 0 Å². The van der Waals surface area contributed by atoms with Gasteiger partial charge in [-0.2, -0.15) is 0 Å². The first kappa shape index (κ1) is 21.6. The van der Waals surface area contributed by atoms with Crippen LogP contribution >= 0.6 is 0 Å². The summed E-state index contributed by atoms with van der Waals surface area (Å²) in [4.78, 5) is 5.23. The summed E-state index contributed by atoms with van der Waals surface area (Å²) in [6, 6.07) is 8.52. The van der Waals surface area contributed by atoms with E-state index >= 15 is 0 Å². The summed E-state index contributed by atoms with van der Waals surface area (Å²) < 4.78 is 11.1. The third-order valence-electron chi connectivity index (χ3n) is 6.52. The maximum absolute atomic E-state index is 5.88. The Balaban J connectivity index is 1.33. The third kappa shape index (κ3) is 6.75. The van der Waals surface area contributed by atoms with Gasteiger partial charge in [-0.25, -0.2) is 0 Å². The monoisotopic (exact) mass is 388 g/mol. The zero-order chi connectivity index (χ0) is 20.0. The van der Waals surface area contributed by atoms with Crippen LogP contribution in [0.25, 0.3) is 0 Å². The molecule has 4 heteroatoms. The van der Waals surface area contributed by atoms with E-state index in [1.54, 1.807) is 7.11 Å². The average Bonchev–Trinajstić information content (AvgIpc) is 2.67. The van der Waals surface area contributed by atoms with Gasteiger partial charge in [-0.05, 0) is 95.6 Å². The number of hydrogen-bond acceptors (Lipinski definition) is 4. The summed E-state index contributed by atoms with van der Waals surface area (Å²) in [5.41, 5.74) is 1.47. The number of benzene rings is 1. The van der Waals surface area contributed by atoms with Crippen LogP contribution in [-0.4, -0.2) is 68.9 Å². The molecule has 1 aromatic carbocycles. The van der Waals surface area contributed by atoms with Gasteiger partial charge in [-0.3, -0.25) is 0 Å². The van der Waals surface area contributed by atoms with Crippen LogP contribution < -0.4 is 4.74 Å². The van der Waals surface area contributed by atoms with Gasteiger partial charge in [0.05, 0.1) is 12.7 Å². The van der Waals surface area contributed by atoms with Crippen LogP contribution in [-0.2, 0) is 11.2 Å². The highest BCUT2D eigenvalue weighted by molar-refractivity contribution is 5.27. The Morgan fingerprint density at radius 1 is 1.07 bits per heavy atom. The van der Waals surface area contributed by atoms with Crippen LogP contribution in [0.5, 0.6) is 5.75 Å². The fourth-order valence-electron chi connectivity index (χ4n) is 4.94. The van der Waals surface area contributed by atoms with Crippen molar-refractivity contribution in [3.63, 3.8) is 0 Å². The molecule has 2 aliphatic rings. The van der Waals surface area contributed by atoms with Crippen LogP contribution in [0.4, 0.5) is 0 Å². The minimum atomic E-state index is 0.0684. The molecule has 158 valence electrons. The van der Waals surface area contributed by atoms with Crippen molar-refractivity contribution in [3.05, 3.63) is 29.8 Å². The van der Waals surface area contributed by atoms with E-state index in [4.69, 9.17) is 9.47 Å². The zero-order valence-corrected chi connectivity index (χ0v) is 18.5. The molecule has 1 aromatic rings. The second-order valence-corrected chi connectivity index (χ2v) is 9.57. The van der Waals surface area contributed by atoms with E-state index in [-0.39, 0.29) is 5.60 Å². The Morgan fingerprint density at radius 2 is 1.75 bits per heavy atom. The number of piperidine rings is 1. The Bertz CT molecular complexity index is 579. The molecular weight excluding hydrogens is 348 g/mol. The molecule has 0 saturated carbocycles. The summed E-state index contributed by atoms with van der Waals surface area (Å²) in [6.07, 6.45) is 6.23. The molecule has 0 spiro atoms. The van der Waals surface area contributed by atoms with Crippen molar-refractivity contribution in [1.82, 2.24) is 9.80 Å². The molecule has 2 fully saturated rings. The zero-order valence-electron chi connectivity index (χ0n) is 18.5. The lowest BCUT2D eigenvalue weighted by Gasteiger charge is -2.38. The van der Waals surface area contributed by atoms with Gasteiger partial charge in [0.2, 0.25) is 0 Å². The number of rotatable bonds is 8. The van der Waals surface area contributed by atoms with Crippen molar-refractivity contribution in [2.75, 3.05) is 53.5 Å². The van der Waals surface area contributed by atoms with Gasteiger partial charge in [0.15, 0.2) is 0 Å². The summed E-state index contributed by atoms with van der Waals surface area (Å²) in [7, 11) is 4.04. The first-order valence-corrected chi connectivity index (χ1v) is 11.1. The number of likely N-dealkylation sites (tertiary alicyclic amines) is 1. The van der Waals surface area contributed by atoms with Gasteiger partial charge in [-0.1, -0.05) is 12.1 Å². The number of ether oxygens (including phenoxy) is 2. The molecule has 0 amide bonds. The highest BCUT2D eigenvalue weighted by Crippen LogP contribution is 2.29. The molecule has 2 aliphatic heterocycles. The second-order valence-electron chi connectivity index (χ2n) is 9.57. The fraction of sp³-hybridized carbons (Fsp3) is 0.750. The first-order chi connectivity index (χ1) is 13.4. The maximum Gasteiger partial charge on any atom is 0.118 e. The summed E-state index contributed by atoms with van der Waals surface area (Å²) in [5.74, 6) is 2.59. The third-order valence-corrected chi connectivity index (χ3v) is 6.52. The largest absolute Gasteiger partial charge is 0.497 e. The van der Waals surface area contributed by atoms with E-state index in [0.29, 0.717) is 0 Å². The summed E-state index contributed by atoms with van der Waals surface area (Å²) >= 11 is 0. The van der Waals surface area contributed by atoms with Gasteiger partial charge < -0.3 is 19.3 Å². The highest BCUT2D eigenvalue weighted by atomic mass is 16.5. The second kappa shape index (κ2) is 10.1. The molecular formula is C24H40N2O2. The van der Waals surface area contributed by atoms with Crippen LogP contribution in [0.1, 0.15) is 45.1 Å². The standard InChI is InChI=1S/C24H40N2O2/c1-24(2)17-22(12-16-28-24)19-25(3)18-21-10-14-26(15-11-21)13-9-20-5-7-23(27-4)8-6-20/h5-8,21-22H,9-19H2,1-4H3. The average molecular weight is 389 g/mol. The highest BCUT2D eigenvalue weighted by Gasteiger charge is 2.30. The van der Waals surface area contributed by atoms with Gasteiger partial charge in [0.1, 0.15) is 5.75 Å². The van der Waals surface area contributed by atoms with E-state index in [1.165, 1.54) is 64.0 Å². The number of nitrogens with zero attached hydrogens (tertiary/aromatic N) is 2. The van der Waals surface area contributed by atoms with E-state index in [2.05, 4.69) is 55.0 Å². The fourth-order valence-corrected chi connectivity index (χ4v) is 4.94. The van der Waals surface area contributed by atoms with E-state index in [1.807, 2.05) is 0 Å². The van der Waals surface area contributed by atoms with Crippen LogP contribution in [0.3, 0.4) is 0 Å². The van der Waals surface area contributed by atoms with Crippen molar-refractivity contribution in [2.24, 2.45) is 11.8 Å². The molecule has 0 N–H and O–H groups in total. The van der Waals surface area contributed by atoms with Gasteiger partial charge in [0, 0.05) is 26.2 Å². The summed E-state index contributed by atoms with van der Waals surface area (Å²) in [5, 5.41) is 0. The van der Waals surface area contributed by atoms with Gasteiger partial charge in [0.25, 0.3) is 0 Å². The molecule has 0 aromatic heterocycles. The molecule has 0 bridgehead atoms.